The van der Waals surface area contributed by atoms with Gasteiger partial charge in [-0.3, -0.25) is 9.59 Å². The number of nitrogens with one attached hydrogen (secondary N) is 1. The first kappa shape index (κ1) is 15.2. The van der Waals surface area contributed by atoms with E-state index in [9.17, 15) is 14.0 Å². The molecule has 3 N–H and O–H groups in total. The number of halogens is 1. The molecule has 0 bridgehead atoms. The molecular weight excluding hydrogens is 293 g/mol. The zero-order valence-electron chi connectivity index (χ0n) is 11.8. The minimum absolute atomic E-state index is 0.0703. The molecule has 0 atom stereocenters. The van der Waals surface area contributed by atoms with Gasteiger partial charge in [0, 0.05) is 23.5 Å². The predicted molar refractivity (Wildman–Crippen MR) is 82.1 cm³/mol. The van der Waals surface area contributed by atoms with Crippen molar-refractivity contribution in [1.29, 1.82) is 0 Å². The fourth-order valence-electron chi connectivity index (χ4n) is 1.92. The highest BCUT2D eigenvalue weighted by molar-refractivity contribution is 7.09. The highest BCUT2D eigenvalue weighted by Gasteiger charge is 2.10. The molecule has 2 aromatic rings. The summed E-state index contributed by atoms with van der Waals surface area (Å²) in [4.78, 5) is 24.5. The summed E-state index contributed by atoms with van der Waals surface area (Å²) in [6.07, 6.45) is 0.147. The molecular formula is C14H16FN3O2S. The molecule has 1 heterocycles. The monoisotopic (exact) mass is 309 g/mol. The van der Waals surface area contributed by atoms with Crippen molar-refractivity contribution in [3.05, 3.63) is 44.3 Å². The van der Waals surface area contributed by atoms with Crippen molar-refractivity contribution >= 4 is 28.6 Å². The average molecular weight is 309 g/mol. The van der Waals surface area contributed by atoms with E-state index in [-0.39, 0.29) is 22.9 Å². The highest BCUT2D eigenvalue weighted by Crippen LogP contribution is 2.19. The molecule has 1 aromatic heterocycles. The third-order valence-electron chi connectivity index (χ3n) is 3.23. The zero-order chi connectivity index (χ0) is 15.6. The van der Waals surface area contributed by atoms with E-state index in [0.717, 1.165) is 16.6 Å². The van der Waals surface area contributed by atoms with Crippen LogP contribution in [0.3, 0.4) is 0 Å². The Morgan fingerprint density at radius 3 is 2.71 bits per heavy atom. The number of carbonyl (C=O) groups is 1. The van der Waals surface area contributed by atoms with E-state index in [1.807, 2.05) is 13.8 Å². The number of rotatable bonds is 4. The van der Waals surface area contributed by atoms with Crippen LogP contribution in [0.4, 0.5) is 15.8 Å². The van der Waals surface area contributed by atoms with Gasteiger partial charge in [-0.1, -0.05) is 11.3 Å². The van der Waals surface area contributed by atoms with E-state index < -0.39 is 5.82 Å². The molecule has 0 unspecified atom stereocenters. The minimum Gasteiger partial charge on any atom is -0.397 e. The second kappa shape index (κ2) is 6.09. The van der Waals surface area contributed by atoms with Gasteiger partial charge < -0.3 is 15.6 Å². The molecule has 1 aromatic carbocycles. The van der Waals surface area contributed by atoms with Crippen molar-refractivity contribution in [2.24, 2.45) is 0 Å². The standard InChI is InChI=1S/C14H16FN3O2S/c1-8-9(2)21-14(20)18(8)6-5-13(19)17-12-4-3-10(15)7-11(12)16/h3-4,7H,5-6,16H2,1-2H3,(H,17,19). The second-order valence-corrected chi connectivity index (χ2v) is 5.86. The van der Waals surface area contributed by atoms with E-state index >= 15 is 0 Å². The van der Waals surface area contributed by atoms with Crippen LogP contribution in [0.5, 0.6) is 0 Å². The Morgan fingerprint density at radius 2 is 2.14 bits per heavy atom. The summed E-state index contributed by atoms with van der Waals surface area (Å²) in [5.74, 6) is -0.732. The molecule has 0 radical (unpaired) electrons. The minimum atomic E-state index is -0.457. The first-order chi connectivity index (χ1) is 9.88. The first-order valence-corrected chi connectivity index (χ1v) is 7.22. The number of thiazole rings is 1. The maximum Gasteiger partial charge on any atom is 0.307 e. The molecule has 0 aliphatic carbocycles. The van der Waals surface area contributed by atoms with Gasteiger partial charge in [-0.05, 0) is 32.0 Å². The first-order valence-electron chi connectivity index (χ1n) is 6.40. The Labute approximate surface area is 125 Å². The third-order valence-corrected chi connectivity index (χ3v) is 4.22. The molecule has 2 rings (SSSR count). The Hall–Kier alpha value is -2.15. The van der Waals surface area contributed by atoms with Crippen molar-refractivity contribution in [1.82, 2.24) is 4.57 Å². The fraction of sp³-hybridized carbons (Fsp3) is 0.286. The number of hydrogen-bond donors (Lipinski definition) is 2. The maximum absolute atomic E-state index is 12.9. The van der Waals surface area contributed by atoms with Crippen molar-refractivity contribution in [3.63, 3.8) is 0 Å². The number of nitrogens with two attached hydrogens (primary N) is 1. The van der Waals surface area contributed by atoms with Gasteiger partial charge in [0.1, 0.15) is 5.82 Å². The topological polar surface area (TPSA) is 77.1 Å². The van der Waals surface area contributed by atoms with E-state index in [1.165, 1.54) is 23.5 Å². The van der Waals surface area contributed by atoms with Gasteiger partial charge in [-0.15, -0.1) is 0 Å². The van der Waals surface area contributed by atoms with Crippen molar-refractivity contribution in [3.8, 4) is 0 Å². The van der Waals surface area contributed by atoms with E-state index in [1.54, 1.807) is 4.57 Å². The quantitative estimate of drug-likeness (QED) is 0.851. The number of nitrogen functional groups attached to an aromatic ring is 1. The molecule has 5 nitrogen and oxygen atoms in total. The number of hydrogen-bond acceptors (Lipinski definition) is 4. The molecule has 0 aliphatic rings. The largest absolute Gasteiger partial charge is 0.397 e. The van der Waals surface area contributed by atoms with E-state index in [4.69, 9.17) is 5.73 Å². The summed E-state index contributed by atoms with van der Waals surface area (Å²) in [5.41, 5.74) is 7.03. The number of amides is 1. The molecule has 0 aliphatic heterocycles. The summed E-state index contributed by atoms with van der Waals surface area (Å²) in [7, 11) is 0. The lowest BCUT2D eigenvalue weighted by Gasteiger charge is -2.09. The second-order valence-electron chi connectivity index (χ2n) is 4.69. The predicted octanol–water partition coefficient (Wildman–Crippen LogP) is 2.28. The van der Waals surface area contributed by atoms with Gasteiger partial charge in [0.05, 0.1) is 11.4 Å². The summed E-state index contributed by atoms with van der Waals surface area (Å²) < 4.78 is 14.5. The number of anilines is 2. The van der Waals surface area contributed by atoms with Crippen molar-refractivity contribution in [2.45, 2.75) is 26.8 Å². The van der Waals surface area contributed by atoms with Crippen LogP contribution < -0.4 is 15.9 Å². The van der Waals surface area contributed by atoms with Gasteiger partial charge in [0.2, 0.25) is 5.91 Å². The number of aromatic nitrogens is 1. The molecule has 0 spiro atoms. The van der Waals surface area contributed by atoms with Gasteiger partial charge in [-0.2, -0.15) is 0 Å². The Kier molecular flexibility index (Phi) is 4.42. The van der Waals surface area contributed by atoms with Crippen LogP contribution >= 0.6 is 11.3 Å². The lowest BCUT2D eigenvalue weighted by molar-refractivity contribution is -0.116. The fourth-order valence-corrected chi connectivity index (χ4v) is 2.78. The van der Waals surface area contributed by atoms with E-state index in [0.29, 0.717) is 12.2 Å². The van der Waals surface area contributed by atoms with Crippen LogP contribution in [0.2, 0.25) is 0 Å². The summed E-state index contributed by atoms with van der Waals surface area (Å²) in [5, 5.41) is 2.61. The lowest BCUT2D eigenvalue weighted by Crippen LogP contribution is -2.20. The zero-order valence-corrected chi connectivity index (χ0v) is 12.6. The number of benzene rings is 1. The summed E-state index contributed by atoms with van der Waals surface area (Å²) in [6, 6.07) is 3.78. The lowest BCUT2D eigenvalue weighted by atomic mass is 10.2. The SMILES string of the molecule is Cc1sc(=O)n(CCC(=O)Nc2ccc(F)cc2N)c1C. The normalized spacial score (nSPS) is 10.6. The maximum atomic E-state index is 12.9. The van der Waals surface area contributed by atoms with Crippen LogP contribution in [0.15, 0.2) is 23.0 Å². The van der Waals surface area contributed by atoms with Crippen LogP contribution in [0, 0.1) is 19.7 Å². The van der Waals surface area contributed by atoms with Gasteiger partial charge >= 0.3 is 4.87 Å². The smallest absolute Gasteiger partial charge is 0.307 e. The third kappa shape index (κ3) is 3.49. The Bertz CT molecular complexity index is 736. The molecule has 112 valence electrons. The molecule has 0 saturated carbocycles. The highest BCUT2D eigenvalue weighted by atomic mass is 32.1. The van der Waals surface area contributed by atoms with Gasteiger partial charge in [-0.25, -0.2) is 4.39 Å². The summed E-state index contributed by atoms with van der Waals surface area (Å²) >= 11 is 1.17. The Morgan fingerprint density at radius 1 is 1.43 bits per heavy atom. The number of nitrogens with zero attached hydrogens (tertiary/aromatic N) is 1. The molecule has 21 heavy (non-hydrogen) atoms. The number of carbonyl (C=O) groups excluding carboxylic acids is 1. The molecule has 0 fully saturated rings. The molecule has 1 amide bonds. The van der Waals surface area contributed by atoms with Crippen LogP contribution in [-0.4, -0.2) is 10.5 Å². The van der Waals surface area contributed by atoms with E-state index in [2.05, 4.69) is 5.32 Å². The summed E-state index contributed by atoms with van der Waals surface area (Å²) in [6.45, 7) is 4.03. The van der Waals surface area contributed by atoms with Crippen molar-refractivity contribution < 1.29 is 9.18 Å². The Balaban J connectivity index is 2.01. The molecule has 7 heteroatoms. The van der Waals surface area contributed by atoms with Crippen LogP contribution in [-0.2, 0) is 11.3 Å². The van der Waals surface area contributed by atoms with Crippen molar-refractivity contribution in [2.75, 3.05) is 11.1 Å². The van der Waals surface area contributed by atoms with Gasteiger partial charge in [0.15, 0.2) is 0 Å². The number of aryl methyl sites for hydroxylation is 1. The average Bonchev–Trinajstić information content (AvgIpc) is 2.65. The van der Waals surface area contributed by atoms with Gasteiger partial charge in [0.25, 0.3) is 0 Å². The van der Waals surface area contributed by atoms with Crippen LogP contribution in [0.25, 0.3) is 0 Å². The van der Waals surface area contributed by atoms with Crippen LogP contribution in [0.1, 0.15) is 17.0 Å². The molecule has 0 saturated heterocycles.